The smallest absolute Gasteiger partial charge is 0.249 e. The summed E-state index contributed by atoms with van der Waals surface area (Å²) in [5, 5.41) is 21.1. The summed E-state index contributed by atoms with van der Waals surface area (Å²) in [6, 6.07) is 6.28. The Bertz CT molecular complexity index is 443. The molecule has 2 unspecified atom stereocenters. The molecule has 0 aliphatic heterocycles. The van der Waals surface area contributed by atoms with Crippen LogP contribution in [0.15, 0.2) is 29.3 Å². The van der Waals surface area contributed by atoms with Crippen molar-refractivity contribution in [3.05, 3.63) is 29.8 Å². The molecule has 0 fully saturated rings. The van der Waals surface area contributed by atoms with Crippen molar-refractivity contribution < 1.29 is 15.0 Å². The zero-order valence-corrected chi connectivity index (χ0v) is 9.02. The van der Waals surface area contributed by atoms with E-state index in [1.54, 1.807) is 18.2 Å². The summed E-state index contributed by atoms with van der Waals surface area (Å²) in [5.41, 5.74) is 5.68. The maximum absolute atomic E-state index is 10.7. The van der Waals surface area contributed by atoms with Gasteiger partial charge in [-0.1, -0.05) is 12.1 Å². The van der Waals surface area contributed by atoms with Crippen molar-refractivity contribution in [1.29, 1.82) is 0 Å². The van der Waals surface area contributed by atoms with Crippen molar-refractivity contribution in [1.82, 2.24) is 0 Å². The van der Waals surface area contributed by atoms with E-state index in [2.05, 4.69) is 22.4 Å². The van der Waals surface area contributed by atoms with Crippen molar-refractivity contribution >= 4 is 29.0 Å². The highest BCUT2D eigenvalue weighted by Crippen LogP contribution is 2.21. The molecule has 0 radical (unpaired) electrons. The van der Waals surface area contributed by atoms with E-state index in [-0.39, 0.29) is 0 Å². The highest BCUT2D eigenvalue weighted by molar-refractivity contribution is 7.78. The zero-order valence-electron chi connectivity index (χ0n) is 8.20. The minimum Gasteiger partial charge on any atom is -0.385 e. The Labute approximate surface area is 97.2 Å². The van der Waals surface area contributed by atoms with E-state index in [0.29, 0.717) is 11.3 Å². The van der Waals surface area contributed by atoms with Crippen LogP contribution >= 0.6 is 12.2 Å². The van der Waals surface area contributed by atoms with Crippen molar-refractivity contribution in [2.45, 2.75) is 12.2 Å². The Morgan fingerprint density at radius 2 is 2.19 bits per heavy atom. The Morgan fingerprint density at radius 3 is 2.75 bits per heavy atom. The number of hydrogen-bond donors (Lipinski definition) is 3. The standard InChI is InChI=1S/C10H10N2O3S/c11-10(15)9(14)8(13)6-2-1-3-7(4-6)12-5-16/h1-4,8-9,13-14H,(H2,11,15). The summed E-state index contributed by atoms with van der Waals surface area (Å²) in [6.45, 7) is 0. The molecule has 0 heterocycles. The lowest BCUT2D eigenvalue weighted by molar-refractivity contribution is -0.131. The summed E-state index contributed by atoms with van der Waals surface area (Å²) in [5.74, 6) is -0.990. The van der Waals surface area contributed by atoms with Crippen LogP contribution < -0.4 is 5.73 Å². The van der Waals surface area contributed by atoms with Crippen molar-refractivity contribution in [3.8, 4) is 0 Å². The quantitative estimate of drug-likeness (QED) is 0.519. The molecule has 6 heteroatoms. The van der Waals surface area contributed by atoms with Gasteiger partial charge in [0.2, 0.25) is 5.91 Å². The molecule has 0 bridgehead atoms. The Morgan fingerprint density at radius 1 is 1.50 bits per heavy atom. The fourth-order valence-corrected chi connectivity index (χ4v) is 1.27. The van der Waals surface area contributed by atoms with Crippen LogP contribution in [0.25, 0.3) is 0 Å². The number of nitrogens with two attached hydrogens (primary N) is 1. The second-order valence-electron chi connectivity index (χ2n) is 3.09. The molecule has 5 nitrogen and oxygen atoms in total. The fourth-order valence-electron chi connectivity index (χ4n) is 1.17. The van der Waals surface area contributed by atoms with Crippen LogP contribution in [0.4, 0.5) is 5.69 Å². The molecule has 4 N–H and O–H groups in total. The highest BCUT2D eigenvalue weighted by atomic mass is 32.1. The number of hydrogen-bond acceptors (Lipinski definition) is 5. The predicted octanol–water partition coefficient (Wildman–Crippen LogP) is 0.300. The molecule has 2 atom stereocenters. The molecular weight excluding hydrogens is 228 g/mol. The molecular formula is C10H10N2O3S. The van der Waals surface area contributed by atoms with Crippen LogP contribution in [0.2, 0.25) is 0 Å². The summed E-state index contributed by atoms with van der Waals surface area (Å²) in [6.07, 6.45) is -3.02. The van der Waals surface area contributed by atoms with Crippen molar-refractivity contribution in [2.75, 3.05) is 0 Å². The molecule has 0 saturated carbocycles. The summed E-state index contributed by atoms with van der Waals surface area (Å²) < 4.78 is 0. The van der Waals surface area contributed by atoms with Crippen LogP contribution in [0.1, 0.15) is 11.7 Å². The summed E-state index contributed by atoms with van der Waals surface area (Å²) in [7, 11) is 0. The first-order valence-corrected chi connectivity index (χ1v) is 4.80. The molecule has 1 rings (SSSR count). The SMILES string of the molecule is NC(=O)C(O)C(O)c1cccc(N=C=S)c1. The lowest BCUT2D eigenvalue weighted by atomic mass is 10.0. The van der Waals surface area contributed by atoms with Gasteiger partial charge in [0.05, 0.1) is 10.8 Å². The second kappa shape index (κ2) is 5.48. The van der Waals surface area contributed by atoms with Crippen molar-refractivity contribution in [3.63, 3.8) is 0 Å². The summed E-state index contributed by atoms with van der Waals surface area (Å²) in [4.78, 5) is 14.4. The normalized spacial score (nSPS) is 13.6. The Balaban J connectivity index is 2.99. The third-order valence-corrected chi connectivity index (χ3v) is 2.07. The van der Waals surface area contributed by atoms with Crippen LogP contribution in [-0.4, -0.2) is 27.4 Å². The number of carbonyl (C=O) groups excluding carboxylic acids is 1. The van der Waals surface area contributed by atoms with E-state index in [1.807, 2.05) is 0 Å². The van der Waals surface area contributed by atoms with E-state index in [0.717, 1.165) is 0 Å². The molecule has 0 aliphatic rings. The molecule has 84 valence electrons. The summed E-state index contributed by atoms with van der Waals surface area (Å²) >= 11 is 4.43. The van der Waals surface area contributed by atoms with Crippen molar-refractivity contribution in [2.24, 2.45) is 10.7 Å². The van der Waals surface area contributed by atoms with Crippen LogP contribution in [0.3, 0.4) is 0 Å². The minimum absolute atomic E-state index is 0.331. The van der Waals surface area contributed by atoms with E-state index >= 15 is 0 Å². The fraction of sp³-hybridized carbons (Fsp3) is 0.200. The van der Waals surface area contributed by atoms with Crippen LogP contribution in [0.5, 0.6) is 0 Å². The minimum atomic E-state index is -1.65. The largest absolute Gasteiger partial charge is 0.385 e. The molecule has 16 heavy (non-hydrogen) atoms. The van der Waals surface area contributed by atoms with Gasteiger partial charge in [-0.15, -0.1) is 0 Å². The van der Waals surface area contributed by atoms with Gasteiger partial charge >= 0.3 is 0 Å². The number of aliphatic hydroxyl groups is 2. The number of thiocarbonyl (C=S) groups is 1. The second-order valence-corrected chi connectivity index (χ2v) is 3.27. The lowest BCUT2D eigenvalue weighted by Crippen LogP contribution is -2.33. The maximum atomic E-state index is 10.7. The predicted molar refractivity (Wildman–Crippen MR) is 61.3 cm³/mol. The average Bonchev–Trinajstić information content (AvgIpc) is 2.28. The number of rotatable bonds is 4. The molecule has 1 amide bonds. The molecule has 1 aromatic rings. The third kappa shape index (κ3) is 2.95. The molecule has 0 aliphatic carbocycles. The van der Waals surface area contributed by atoms with Gasteiger partial charge in [0.1, 0.15) is 6.10 Å². The van der Waals surface area contributed by atoms with E-state index in [1.165, 1.54) is 6.07 Å². The lowest BCUT2D eigenvalue weighted by Gasteiger charge is -2.15. The number of primary amides is 1. The van der Waals surface area contributed by atoms with Gasteiger partial charge < -0.3 is 15.9 Å². The van der Waals surface area contributed by atoms with Gasteiger partial charge in [0.15, 0.2) is 6.10 Å². The van der Waals surface area contributed by atoms with E-state index in [9.17, 15) is 15.0 Å². The topological polar surface area (TPSA) is 95.9 Å². The molecule has 1 aromatic carbocycles. The van der Waals surface area contributed by atoms with E-state index < -0.39 is 18.1 Å². The van der Waals surface area contributed by atoms with Gasteiger partial charge in [0, 0.05) is 0 Å². The number of aliphatic imine (C=N–C) groups is 1. The van der Waals surface area contributed by atoms with Crippen LogP contribution in [-0.2, 0) is 4.79 Å². The Kier molecular flexibility index (Phi) is 4.28. The number of carbonyl (C=O) groups is 1. The number of isothiocyanates is 1. The number of benzene rings is 1. The molecule has 0 spiro atoms. The first kappa shape index (κ1) is 12.5. The third-order valence-electron chi connectivity index (χ3n) is 1.98. The highest BCUT2D eigenvalue weighted by Gasteiger charge is 2.23. The average molecular weight is 238 g/mol. The number of nitrogens with zero attached hydrogens (tertiary/aromatic N) is 1. The van der Waals surface area contributed by atoms with Gasteiger partial charge in [-0.3, -0.25) is 4.79 Å². The van der Waals surface area contributed by atoms with Gasteiger partial charge in [0.25, 0.3) is 0 Å². The Hall–Kier alpha value is -1.59. The maximum Gasteiger partial charge on any atom is 0.249 e. The molecule has 0 saturated heterocycles. The van der Waals surface area contributed by atoms with Gasteiger partial charge in [-0.2, -0.15) is 4.99 Å². The first-order valence-electron chi connectivity index (χ1n) is 4.39. The first-order chi connectivity index (χ1) is 7.56. The van der Waals surface area contributed by atoms with Gasteiger partial charge in [-0.05, 0) is 29.9 Å². The number of amides is 1. The van der Waals surface area contributed by atoms with E-state index in [4.69, 9.17) is 5.73 Å². The zero-order chi connectivity index (χ0) is 12.1. The monoisotopic (exact) mass is 238 g/mol. The van der Waals surface area contributed by atoms with Gasteiger partial charge in [-0.25, -0.2) is 0 Å². The number of aliphatic hydroxyl groups excluding tert-OH is 2. The van der Waals surface area contributed by atoms with Crippen LogP contribution in [0, 0.1) is 0 Å². The molecule has 0 aromatic heterocycles.